The summed E-state index contributed by atoms with van der Waals surface area (Å²) in [6.07, 6.45) is 2.98. The van der Waals surface area contributed by atoms with Gasteiger partial charge >= 0.3 is 0 Å². The van der Waals surface area contributed by atoms with Crippen LogP contribution in [0.2, 0.25) is 0 Å². The van der Waals surface area contributed by atoms with E-state index in [1.165, 1.54) is 6.07 Å². The van der Waals surface area contributed by atoms with Crippen LogP contribution in [0.25, 0.3) is 0 Å². The number of carbonyl (C=O) groups is 1. The van der Waals surface area contributed by atoms with Crippen LogP contribution in [0, 0.1) is 12.7 Å². The smallest absolute Gasteiger partial charge is 0.257 e. The molecule has 0 bridgehead atoms. The zero-order valence-electron chi connectivity index (χ0n) is 10.5. The van der Waals surface area contributed by atoms with E-state index in [1.54, 1.807) is 24.0 Å². The van der Waals surface area contributed by atoms with Crippen LogP contribution in [0.15, 0.2) is 18.2 Å². The normalized spacial score (nSPS) is 15.3. The summed E-state index contributed by atoms with van der Waals surface area (Å²) in [5.74, 6) is -0.764. The Morgan fingerprint density at radius 1 is 1.50 bits per heavy atom. The van der Waals surface area contributed by atoms with Gasteiger partial charge in [0.1, 0.15) is 5.82 Å². The van der Waals surface area contributed by atoms with E-state index in [2.05, 4.69) is 0 Å². The first kappa shape index (κ1) is 13.0. The average Bonchev–Trinajstić information content (AvgIpc) is 2.29. The van der Waals surface area contributed by atoms with Crippen molar-refractivity contribution in [2.45, 2.75) is 32.2 Å². The lowest BCUT2D eigenvalue weighted by Crippen LogP contribution is -2.45. The highest BCUT2D eigenvalue weighted by Crippen LogP contribution is 2.26. The summed E-state index contributed by atoms with van der Waals surface area (Å²) in [4.78, 5) is 13.9. The maximum absolute atomic E-state index is 13.9. The van der Waals surface area contributed by atoms with Crippen molar-refractivity contribution in [3.05, 3.63) is 35.1 Å². The van der Waals surface area contributed by atoms with Gasteiger partial charge in [-0.05, 0) is 37.8 Å². The van der Waals surface area contributed by atoms with E-state index < -0.39 is 5.82 Å². The van der Waals surface area contributed by atoms with Crippen molar-refractivity contribution >= 4 is 5.91 Å². The largest absolute Gasteiger partial charge is 0.395 e. The fraction of sp³-hybridized carbons (Fsp3) is 0.500. The molecule has 0 saturated heterocycles. The van der Waals surface area contributed by atoms with Crippen molar-refractivity contribution in [2.24, 2.45) is 0 Å². The SMILES string of the molecule is Cc1cccc(C(=O)N(CCO)C2CCC2)c1F. The van der Waals surface area contributed by atoms with Crippen LogP contribution < -0.4 is 0 Å². The molecule has 0 aromatic heterocycles. The van der Waals surface area contributed by atoms with Crippen LogP contribution in [0.1, 0.15) is 35.2 Å². The third-order valence-electron chi connectivity index (χ3n) is 3.54. The Kier molecular flexibility index (Phi) is 3.97. The summed E-state index contributed by atoms with van der Waals surface area (Å²) >= 11 is 0. The molecule has 1 aromatic carbocycles. The number of aryl methyl sites for hydroxylation is 1. The molecule has 1 N–H and O–H groups in total. The number of nitrogens with zero attached hydrogens (tertiary/aromatic N) is 1. The molecule has 1 aliphatic carbocycles. The predicted molar refractivity (Wildman–Crippen MR) is 66.9 cm³/mol. The van der Waals surface area contributed by atoms with Crippen LogP contribution >= 0.6 is 0 Å². The van der Waals surface area contributed by atoms with E-state index in [1.807, 2.05) is 0 Å². The van der Waals surface area contributed by atoms with Crippen molar-refractivity contribution in [3.63, 3.8) is 0 Å². The lowest BCUT2D eigenvalue weighted by atomic mass is 9.91. The van der Waals surface area contributed by atoms with Crippen molar-refractivity contribution < 1.29 is 14.3 Å². The van der Waals surface area contributed by atoms with Crippen molar-refractivity contribution in [1.29, 1.82) is 0 Å². The minimum Gasteiger partial charge on any atom is -0.395 e. The highest BCUT2D eigenvalue weighted by Gasteiger charge is 2.30. The topological polar surface area (TPSA) is 40.5 Å². The first-order chi connectivity index (χ1) is 8.65. The summed E-state index contributed by atoms with van der Waals surface area (Å²) in [6.45, 7) is 1.83. The molecule has 98 valence electrons. The van der Waals surface area contributed by atoms with Crippen LogP contribution in [0.5, 0.6) is 0 Å². The van der Waals surface area contributed by atoms with Gasteiger partial charge in [-0.25, -0.2) is 4.39 Å². The fourth-order valence-corrected chi connectivity index (χ4v) is 2.22. The Labute approximate surface area is 106 Å². The summed E-state index contributed by atoms with van der Waals surface area (Å²) in [6, 6.07) is 4.99. The molecule has 0 atom stereocenters. The summed E-state index contributed by atoms with van der Waals surface area (Å²) in [5.41, 5.74) is 0.578. The maximum Gasteiger partial charge on any atom is 0.257 e. The molecule has 1 saturated carbocycles. The average molecular weight is 251 g/mol. The number of halogens is 1. The van der Waals surface area contributed by atoms with Crippen LogP contribution in [-0.2, 0) is 0 Å². The number of aliphatic hydroxyl groups is 1. The number of hydrogen-bond acceptors (Lipinski definition) is 2. The van der Waals surface area contributed by atoms with Gasteiger partial charge in [-0.1, -0.05) is 12.1 Å². The molecule has 0 radical (unpaired) electrons. The molecule has 1 aromatic rings. The molecule has 0 spiro atoms. The zero-order valence-corrected chi connectivity index (χ0v) is 10.5. The molecule has 1 amide bonds. The van der Waals surface area contributed by atoms with Gasteiger partial charge in [0.25, 0.3) is 5.91 Å². The standard InChI is InChI=1S/C14H18FNO2/c1-10-4-2-7-12(13(10)15)14(18)16(8-9-17)11-5-3-6-11/h2,4,7,11,17H,3,5-6,8-9H2,1H3. The number of amides is 1. The Balaban J connectivity index is 2.24. The van der Waals surface area contributed by atoms with E-state index in [0.29, 0.717) is 5.56 Å². The van der Waals surface area contributed by atoms with Gasteiger partial charge in [0.2, 0.25) is 0 Å². The van der Waals surface area contributed by atoms with E-state index in [-0.39, 0.29) is 30.7 Å². The van der Waals surface area contributed by atoms with Gasteiger partial charge in [0, 0.05) is 12.6 Å². The molecule has 1 fully saturated rings. The van der Waals surface area contributed by atoms with Crippen molar-refractivity contribution in [3.8, 4) is 0 Å². The number of carbonyl (C=O) groups excluding carboxylic acids is 1. The van der Waals surface area contributed by atoms with Gasteiger partial charge in [0.15, 0.2) is 0 Å². The Morgan fingerprint density at radius 3 is 2.78 bits per heavy atom. The molecular weight excluding hydrogens is 233 g/mol. The van der Waals surface area contributed by atoms with E-state index in [9.17, 15) is 9.18 Å². The van der Waals surface area contributed by atoms with Crippen LogP contribution in [0.4, 0.5) is 4.39 Å². The summed E-state index contributed by atoms with van der Waals surface area (Å²) < 4.78 is 13.9. The molecule has 18 heavy (non-hydrogen) atoms. The quantitative estimate of drug-likeness (QED) is 0.890. The second kappa shape index (κ2) is 5.48. The third kappa shape index (κ3) is 2.38. The van der Waals surface area contributed by atoms with Crippen molar-refractivity contribution in [1.82, 2.24) is 4.90 Å². The lowest BCUT2D eigenvalue weighted by molar-refractivity contribution is 0.0521. The summed E-state index contributed by atoms with van der Waals surface area (Å²) in [5, 5.41) is 9.04. The Morgan fingerprint density at radius 2 is 2.22 bits per heavy atom. The van der Waals surface area contributed by atoms with Gasteiger partial charge in [-0.15, -0.1) is 0 Å². The fourth-order valence-electron chi connectivity index (χ4n) is 2.22. The van der Waals surface area contributed by atoms with Crippen LogP contribution in [0.3, 0.4) is 0 Å². The molecule has 4 heteroatoms. The first-order valence-corrected chi connectivity index (χ1v) is 6.32. The molecule has 0 aliphatic heterocycles. The molecular formula is C14H18FNO2. The van der Waals surface area contributed by atoms with Crippen molar-refractivity contribution in [2.75, 3.05) is 13.2 Å². The predicted octanol–water partition coefficient (Wildman–Crippen LogP) is 2.12. The van der Waals surface area contributed by atoms with Gasteiger partial charge in [0.05, 0.1) is 12.2 Å². The summed E-state index contributed by atoms with van der Waals surface area (Å²) in [7, 11) is 0. The van der Waals surface area contributed by atoms with E-state index in [0.717, 1.165) is 19.3 Å². The second-order valence-corrected chi connectivity index (χ2v) is 4.74. The number of hydrogen-bond donors (Lipinski definition) is 1. The van der Waals surface area contributed by atoms with Gasteiger partial charge < -0.3 is 10.0 Å². The first-order valence-electron chi connectivity index (χ1n) is 6.32. The van der Waals surface area contributed by atoms with E-state index in [4.69, 9.17) is 5.11 Å². The molecule has 1 aliphatic rings. The maximum atomic E-state index is 13.9. The second-order valence-electron chi connectivity index (χ2n) is 4.74. The van der Waals surface area contributed by atoms with E-state index >= 15 is 0 Å². The highest BCUT2D eigenvalue weighted by molar-refractivity contribution is 5.95. The zero-order chi connectivity index (χ0) is 13.1. The number of aliphatic hydroxyl groups excluding tert-OH is 1. The lowest BCUT2D eigenvalue weighted by Gasteiger charge is -2.37. The molecule has 0 unspecified atom stereocenters. The number of benzene rings is 1. The Bertz CT molecular complexity index is 443. The minimum absolute atomic E-state index is 0.0876. The molecule has 3 nitrogen and oxygen atoms in total. The van der Waals surface area contributed by atoms with Gasteiger partial charge in [-0.3, -0.25) is 4.79 Å². The highest BCUT2D eigenvalue weighted by atomic mass is 19.1. The third-order valence-corrected chi connectivity index (χ3v) is 3.54. The number of rotatable bonds is 4. The van der Waals surface area contributed by atoms with Crippen LogP contribution in [-0.4, -0.2) is 35.1 Å². The van der Waals surface area contributed by atoms with Gasteiger partial charge in [-0.2, -0.15) is 0 Å². The minimum atomic E-state index is -0.454. The molecule has 2 rings (SSSR count). The monoisotopic (exact) mass is 251 g/mol. The molecule has 0 heterocycles. The Hall–Kier alpha value is -1.42.